The Balaban J connectivity index is 1.07. The smallest absolute Gasteiger partial charge is 0.306 e. The van der Waals surface area contributed by atoms with E-state index in [-0.39, 0.29) is 48.5 Å². The first-order chi connectivity index (χ1) is 25.7. The first-order valence-electron chi connectivity index (χ1n) is 19.0. The number of likely N-dealkylation sites (tertiary alicyclic amines) is 2. The van der Waals surface area contributed by atoms with Crippen molar-refractivity contribution in [3.8, 4) is 23.1 Å². The number of alkyl halides is 2. The third kappa shape index (κ3) is 7.01. The number of ether oxygens (including phenoxy) is 1. The molecule has 4 aromatic rings. The van der Waals surface area contributed by atoms with Crippen LogP contribution in [0.2, 0.25) is 0 Å². The summed E-state index contributed by atoms with van der Waals surface area (Å²) in [5, 5.41) is 0. The molecule has 2 aromatic carbocycles. The number of piperidine rings is 1. The van der Waals surface area contributed by atoms with Crippen molar-refractivity contribution in [3.05, 3.63) is 71.4 Å². The van der Waals surface area contributed by atoms with Gasteiger partial charge in [0.15, 0.2) is 0 Å². The molecular weight excluding hydrogens is 690 g/mol. The number of carbonyl (C=O) groups excluding carboxylic acids is 3. The first-order valence-corrected chi connectivity index (χ1v) is 19.0. The topological polar surface area (TPSA) is 124 Å². The molecule has 7 rings (SSSR count). The standard InChI is InChI=1S/C42H48F2N6O4/c1-23(2)25(5)40(52)49-17-7-8-35(49)38-45-22-34(48-38)28-14-11-26(12-15-28)9-10-27-13-16-32-33(18-27)47-39(46-32)37-31-19-29(21-42(31,43)44)50(37)41(53)30(24(3)4)20-36(51)54-6/h11-16,18,22-25,29-31,35,37H,7-8,17,19-21H2,1-6H3,(H,45,48)(H,46,47)/t25-,29+,30-,31+,35-,37-/m0/s1. The summed E-state index contributed by atoms with van der Waals surface area (Å²) in [5.41, 5.74) is 4.58. The number of fused-ring (bicyclic) bond motifs is 3. The molecule has 2 N–H and O–H groups in total. The number of imidazole rings is 2. The lowest BCUT2D eigenvalue weighted by molar-refractivity contribution is -0.156. The van der Waals surface area contributed by atoms with Crippen LogP contribution in [0, 0.1) is 41.4 Å². The number of nitrogens with one attached hydrogen (secondary N) is 2. The van der Waals surface area contributed by atoms with Crippen molar-refractivity contribution >= 4 is 28.8 Å². The third-order valence-corrected chi connectivity index (χ3v) is 11.8. The van der Waals surface area contributed by atoms with Crippen LogP contribution in [0.4, 0.5) is 8.78 Å². The number of aromatic nitrogens is 4. The first kappa shape index (κ1) is 37.3. The number of rotatable bonds is 9. The van der Waals surface area contributed by atoms with Crippen molar-refractivity contribution in [2.24, 2.45) is 29.6 Å². The van der Waals surface area contributed by atoms with Gasteiger partial charge in [0.05, 0.1) is 60.4 Å². The minimum absolute atomic E-state index is 0.0393. The van der Waals surface area contributed by atoms with E-state index >= 15 is 8.78 Å². The minimum Gasteiger partial charge on any atom is -0.469 e. The van der Waals surface area contributed by atoms with E-state index in [1.165, 1.54) is 7.11 Å². The van der Waals surface area contributed by atoms with Crippen molar-refractivity contribution in [1.29, 1.82) is 0 Å². The second kappa shape index (κ2) is 14.6. The Morgan fingerprint density at radius 3 is 2.39 bits per heavy atom. The predicted octanol–water partition coefficient (Wildman–Crippen LogP) is 7.44. The van der Waals surface area contributed by atoms with Crippen molar-refractivity contribution in [3.63, 3.8) is 0 Å². The zero-order valence-electron chi connectivity index (χ0n) is 31.7. The molecule has 0 radical (unpaired) electrons. The lowest BCUT2D eigenvalue weighted by Crippen LogP contribution is -2.49. The number of nitrogens with zero attached hydrogens (tertiary/aromatic N) is 4. The van der Waals surface area contributed by atoms with Crippen LogP contribution in [-0.4, -0.2) is 73.1 Å². The maximum absolute atomic E-state index is 15.2. The van der Waals surface area contributed by atoms with Crippen LogP contribution in [-0.2, 0) is 19.1 Å². The number of halogens is 2. The number of esters is 1. The number of methoxy groups -OCH3 is 1. The van der Waals surface area contributed by atoms with E-state index < -0.39 is 42.2 Å². The average Bonchev–Trinajstić information content (AvgIpc) is 3.99. The average molecular weight is 739 g/mol. The summed E-state index contributed by atoms with van der Waals surface area (Å²) < 4.78 is 35.2. The van der Waals surface area contributed by atoms with Gasteiger partial charge in [-0.25, -0.2) is 18.7 Å². The van der Waals surface area contributed by atoms with Crippen LogP contribution >= 0.6 is 0 Å². The zero-order chi connectivity index (χ0) is 38.5. The number of amides is 2. The van der Waals surface area contributed by atoms with Gasteiger partial charge in [0, 0.05) is 36.1 Å². The van der Waals surface area contributed by atoms with Gasteiger partial charge >= 0.3 is 5.97 Å². The second-order valence-corrected chi connectivity index (χ2v) is 15.9. The molecule has 0 spiro atoms. The van der Waals surface area contributed by atoms with Gasteiger partial charge in [0.1, 0.15) is 11.6 Å². The van der Waals surface area contributed by atoms with E-state index in [2.05, 4.69) is 40.6 Å². The lowest BCUT2D eigenvalue weighted by Gasteiger charge is -2.40. The highest BCUT2D eigenvalue weighted by atomic mass is 19.3. The summed E-state index contributed by atoms with van der Waals surface area (Å²) in [6.45, 7) is 10.6. The highest BCUT2D eigenvalue weighted by Gasteiger charge is 2.64. The molecule has 1 aliphatic carbocycles. The van der Waals surface area contributed by atoms with Gasteiger partial charge in [-0.05, 0) is 67.0 Å². The molecule has 10 nitrogen and oxygen atoms in total. The molecule has 284 valence electrons. The number of carbonyl (C=O) groups is 3. The molecule has 2 aromatic heterocycles. The lowest BCUT2D eigenvalue weighted by atomic mass is 9.88. The predicted molar refractivity (Wildman–Crippen MR) is 200 cm³/mol. The van der Waals surface area contributed by atoms with Crippen LogP contribution < -0.4 is 0 Å². The van der Waals surface area contributed by atoms with Crippen molar-refractivity contribution in [1.82, 2.24) is 29.7 Å². The summed E-state index contributed by atoms with van der Waals surface area (Å²) in [5.74, 6) is 2.22. The summed E-state index contributed by atoms with van der Waals surface area (Å²) in [7, 11) is 1.27. The van der Waals surface area contributed by atoms with Gasteiger partial charge in [0.25, 0.3) is 5.92 Å². The second-order valence-electron chi connectivity index (χ2n) is 15.9. The van der Waals surface area contributed by atoms with Crippen LogP contribution in [0.3, 0.4) is 0 Å². The monoisotopic (exact) mass is 738 g/mol. The van der Waals surface area contributed by atoms with Crippen molar-refractivity contribution < 1.29 is 27.9 Å². The maximum atomic E-state index is 15.2. The Bertz CT molecular complexity index is 2110. The molecule has 6 atom stereocenters. The zero-order valence-corrected chi connectivity index (χ0v) is 31.7. The van der Waals surface area contributed by atoms with E-state index in [1.807, 2.05) is 68.3 Å². The van der Waals surface area contributed by atoms with Gasteiger partial charge in [-0.15, -0.1) is 0 Å². The Labute approximate surface area is 314 Å². The largest absolute Gasteiger partial charge is 0.469 e. The number of aromatic amines is 2. The molecule has 2 saturated heterocycles. The van der Waals surface area contributed by atoms with Gasteiger partial charge in [-0.2, -0.15) is 0 Å². The quantitative estimate of drug-likeness (QED) is 0.136. The van der Waals surface area contributed by atoms with E-state index in [0.717, 1.165) is 42.0 Å². The van der Waals surface area contributed by atoms with Gasteiger partial charge in [0.2, 0.25) is 11.8 Å². The number of H-pyrrole nitrogens is 2. The van der Waals surface area contributed by atoms with E-state index in [0.29, 0.717) is 22.4 Å². The summed E-state index contributed by atoms with van der Waals surface area (Å²) in [6.07, 6.45) is 3.33. The normalized spacial score (nSPS) is 22.9. The number of hydrogen-bond donors (Lipinski definition) is 2. The van der Waals surface area contributed by atoms with Crippen LogP contribution in [0.1, 0.15) is 102 Å². The Kier molecular flexibility index (Phi) is 10.1. The number of hydrogen-bond acceptors (Lipinski definition) is 6. The molecule has 12 heteroatoms. The molecule has 4 heterocycles. The highest BCUT2D eigenvalue weighted by molar-refractivity contribution is 5.85. The molecule has 0 unspecified atom stereocenters. The van der Waals surface area contributed by atoms with Gasteiger partial charge in [-0.1, -0.05) is 58.6 Å². The third-order valence-electron chi connectivity index (χ3n) is 11.8. The van der Waals surface area contributed by atoms with Gasteiger partial charge < -0.3 is 24.5 Å². The Hall–Kier alpha value is -5.05. The fourth-order valence-electron chi connectivity index (χ4n) is 8.35. The van der Waals surface area contributed by atoms with Crippen molar-refractivity contribution in [2.75, 3.05) is 13.7 Å². The number of benzene rings is 2. The van der Waals surface area contributed by atoms with Crippen LogP contribution in [0.5, 0.6) is 0 Å². The molecule has 3 aliphatic rings. The van der Waals surface area contributed by atoms with E-state index in [4.69, 9.17) is 9.72 Å². The fourth-order valence-corrected chi connectivity index (χ4v) is 8.35. The summed E-state index contributed by atoms with van der Waals surface area (Å²) in [6, 6.07) is 11.7. The molecular formula is C42H48F2N6O4. The summed E-state index contributed by atoms with van der Waals surface area (Å²) in [4.78, 5) is 58.8. The maximum Gasteiger partial charge on any atom is 0.306 e. The Morgan fingerprint density at radius 2 is 1.69 bits per heavy atom. The van der Waals surface area contributed by atoms with E-state index in [1.54, 1.807) is 11.0 Å². The minimum atomic E-state index is -2.93. The van der Waals surface area contributed by atoms with Crippen molar-refractivity contribution in [2.45, 2.75) is 90.8 Å². The van der Waals surface area contributed by atoms with Crippen LogP contribution in [0.15, 0.2) is 48.7 Å². The van der Waals surface area contributed by atoms with Crippen LogP contribution in [0.25, 0.3) is 22.3 Å². The molecule has 54 heavy (non-hydrogen) atoms. The van der Waals surface area contributed by atoms with E-state index in [9.17, 15) is 14.4 Å². The summed E-state index contributed by atoms with van der Waals surface area (Å²) >= 11 is 0. The SMILES string of the molecule is COC(=O)C[C@H](C(=O)N1[C@@H]2C[C@H]([C@H]1c1nc3ccc(C#Cc4ccc(-c5cnc([C@@H]6CCCN6C(=O)[C@@H](C)C(C)C)[nH]5)cc4)cc3[nH]1)C(F)(F)C2)C(C)C. The molecule has 2 amide bonds. The van der Waals surface area contributed by atoms with Gasteiger partial charge in [-0.3, -0.25) is 14.4 Å². The highest BCUT2D eigenvalue weighted by Crippen LogP contribution is 2.57. The molecule has 2 bridgehead atoms. The fraction of sp³-hybridized carbons (Fsp3) is 0.500. The molecule has 3 fully saturated rings. The molecule has 2 aliphatic heterocycles. The molecule has 1 saturated carbocycles. The Morgan fingerprint density at radius 1 is 0.963 bits per heavy atom.